The van der Waals surface area contributed by atoms with Gasteiger partial charge in [0.1, 0.15) is 0 Å². The summed E-state index contributed by atoms with van der Waals surface area (Å²) in [6.45, 7) is -5.85. The average molecular weight is 949 g/mol. The molecule has 4 aromatic rings. The van der Waals surface area contributed by atoms with E-state index in [1.165, 1.54) is 95.4 Å². The zero-order valence-electron chi connectivity index (χ0n) is 32.7. The van der Waals surface area contributed by atoms with Crippen LogP contribution in [0.4, 0.5) is 52.7 Å². The molecule has 2 heterocycles. The van der Waals surface area contributed by atoms with Crippen molar-refractivity contribution in [3.8, 4) is 0 Å². The average Bonchev–Trinajstić information content (AvgIpc) is 3.50. The molecule has 6 rings (SSSR count). The molecule has 2 aliphatic rings. The summed E-state index contributed by atoms with van der Waals surface area (Å²) in [6, 6.07) is 13.4. The van der Waals surface area contributed by atoms with Gasteiger partial charge in [0.15, 0.2) is 0 Å². The molecule has 61 heavy (non-hydrogen) atoms. The summed E-state index contributed by atoms with van der Waals surface area (Å²) in [6.07, 6.45) is -19.9. The van der Waals surface area contributed by atoms with E-state index in [0.29, 0.717) is 0 Å². The molecule has 0 saturated carbocycles. The summed E-state index contributed by atoms with van der Waals surface area (Å²) < 4.78 is 186. The molecular weight excluding hydrogens is 911 g/mol. The molecule has 0 unspecified atom stereocenters. The van der Waals surface area contributed by atoms with Crippen LogP contribution >= 0.6 is 13.1 Å². The van der Waals surface area contributed by atoms with E-state index in [2.05, 4.69) is 0 Å². The van der Waals surface area contributed by atoms with E-state index in [4.69, 9.17) is 32.7 Å². The Balaban J connectivity index is 1.34. The van der Waals surface area contributed by atoms with Crippen molar-refractivity contribution in [2.24, 2.45) is 0 Å². The van der Waals surface area contributed by atoms with E-state index in [-0.39, 0.29) is 28.9 Å². The van der Waals surface area contributed by atoms with Crippen molar-refractivity contribution in [2.45, 2.75) is 61.9 Å². The van der Waals surface area contributed by atoms with Crippen LogP contribution in [0.1, 0.15) is 75.6 Å². The van der Waals surface area contributed by atoms with Crippen LogP contribution in [0.5, 0.6) is 0 Å². The Bertz CT molecular complexity index is 2200. The summed E-state index contributed by atoms with van der Waals surface area (Å²) in [5.74, 6) is 0. The lowest BCUT2D eigenvalue weighted by Gasteiger charge is -2.35. The maximum Gasteiger partial charge on any atom is 0.416 e. The predicted octanol–water partition coefficient (Wildman–Crippen LogP) is 12.7. The first kappa shape index (κ1) is 47.6. The number of rotatable bonds is 9. The van der Waals surface area contributed by atoms with Gasteiger partial charge in [-0.15, -0.1) is 0 Å². The van der Waals surface area contributed by atoms with Crippen LogP contribution in [0.3, 0.4) is 0 Å². The third kappa shape index (κ3) is 9.36. The van der Waals surface area contributed by atoms with E-state index in [0.717, 1.165) is 48.5 Å². The van der Waals surface area contributed by atoms with Crippen molar-refractivity contribution in [1.29, 1.82) is 0 Å². The number of likely N-dealkylation sites (N-methyl/N-ethyl adjacent to an activating group) is 4. The molecule has 22 heteroatoms. The van der Waals surface area contributed by atoms with Gasteiger partial charge in [-0.05, 0) is 130 Å². The van der Waals surface area contributed by atoms with Crippen LogP contribution in [0.2, 0.25) is 0 Å². The van der Waals surface area contributed by atoms with Crippen molar-refractivity contribution in [1.82, 2.24) is 18.7 Å². The summed E-state index contributed by atoms with van der Waals surface area (Å²) in [4.78, 5) is 0. The fourth-order valence-electron chi connectivity index (χ4n) is 7.88. The van der Waals surface area contributed by atoms with Gasteiger partial charge in [0, 0.05) is 0 Å². The minimum Gasteiger partial charge on any atom is -0.324 e. The van der Waals surface area contributed by atoms with E-state index < -0.39 is 90.4 Å². The molecule has 0 spiro atoms. The molecule has 0 N–H and O–H groups in total. The first-order chi connectivity index (χ1) is 28.1. The number of benzene rings is 4. The van der Waals surface area contributed by atoms with Crippen LogP contribution < -0.4 is 0 Å². The fraction of sp³-hybridized carbons (Fsp3) is 0.385. The van der Waals surface area contributed by atoms with Crippen molar-refractivity contribution in [2.75, 3.05) is 34.8 Å². The van der Waals surface area contributed by atoms with Gasteiger partial charge in [0.2, 0.25) is 13.1 Å². The van der Waals surface area contributed by atoms with Crippen molar-refractivity contribution >= 4 is 36.7 Å². The van der Waals surface area contributed by atoms with Crippen LogP contribution in [0.25, 0.3) is 0 Å². The van der Waals surface area contributed by atoms with Gasteiger partial charge < -0.3 is 9.05 Å². The maximum absolute atomic E-state index is 13.9. The highest BCUT2D eigenvalue weighted by molar-refractivity contribution is 8.10. The van der Waals surface area contributed by atoms with Crippen LogP contribution in [0.15, 0.2) is 97.1 Å². The minimum absolute atomic E-state index is 0.108. The van der Waals surface area contributed by atoms with Crippen molar-refractivity contribution in [3.63, 3.8) is 0 Å². The summed E-state index contributed by atoms with van der Waals surface area (Å²) in [5.41, 5.74) is -3.50. The number of hydrogen-bond acceptors (Lipinski definition) is 4. The minimum atomic E-state index is -4.74. The molecule has 4 aromatic carbocycles. The highest BCUT2D eigenvalue weighted by Crippen LogP contribution is 2.71. The lowest BCUT2D eigenvalue weighted by molar-refractivity contribution is -0.138. The van der Waals surface area contributed by atoms with Gasteiger partial charge in [-0.25, -0.2) is 18.7 Å². The second-order valence-corrected chi connectivity index (χ2v) is 22.6. The first-order valence-electron chi connectivity index (χ1n) is 18.2. The van der Waals surface area contributed by atoms with Gasteiger partial charge >= 0.3 is 24.7 Å². The second kappa shape index (κ2) is 16.9. The highest BCUT2D eigenvalue weighted by atomic mass is 32.5. The molecule has 0 amide bonds. The number of nitrogens with zero attached hydrogens (tertiary/aromatic N) is 4. The molecule has 2 aliphatic heterocycles. The summed E-state index contributed by atoms with van der Waals surface area (Å²) in [7, 11) is 6.01. The van der Waals surface area contributed by atoms with E-state index in [9.17, 15) is 52.7 Å². The van der Waals surface area contributed by atoms with E-state index in [1.54, 1.807) is 6.92 Å². The van der Waals surface area contributed by atoms with E-state index >= 15 is 0 Å². The lowest BCUT2D eigenvalue weighted by Crippen LogP contribution is -2.25. The summed E-state index contributed by atoms with van der Waals surface area (Å²) >= 11 is 12.3. The van der Waals surface area contributed by atoms with Crippen LogP contribution in [-0.4, -0.2) is 59.6 Å². The third-order valence-electron chi connectivity index (χ3n) is 10.8. The Morgan fingerprint density at radius 2 is 0.721 bits per heavy atom. The van der Waals surface area contributed by atoms with Gasteiger partial charge in [-0.3, -0.25) is 0 Å². The van der Waals surface area contributed by atoms with Crippen molar-refractivity contribution in [3.05, 3.63) is 142 Å². The lowest BCUT2D eigenvalue weighted by atomic mass is 9.91. The third-order valence-corrected chi connectivity index (χ3v) is 19.8. The number of alkyl halides is 12. The molecule has 6 nitrogen and oxygen atoms in total. The SMILES string of the molecule is C[C@@H](COP1(=S)N(C)[C@H](c2cccc(C(F)(F)F)c2)[C@@H](c2cccc(C(F)(F)F)c2)N1C)OP1(=S)N(C)[C@H](c2cccc(C(F)(F)F)c2)[C@@H](c2cccc(C(F)(F)F)c2)N1C. The smallest absolute Gasteiger partial charge is 0.324 e. The molecule has 2 saturated heterocycles. The van der Waals surface area contributed by atoms with Gasteiger partial charge in [-0.2, -0.15) is 52.7 Å². The Morgan fingerprint density at radius 1 is 0.475 bits per heavy atom. The molecule has 332 valence electrons. The number of hydrogen-bond donors (Lipinski definition) is 0. The molecule has 0 radical (unpaired) electrons. The first-order valence-corrected chi connectivity index (χ1v) is 23.5. The normalized spacial score (nSPS) is 23.8. The maximum atomic E-state index is 13.9. The quantitative estimate of drug-likeness (QED) is 0.121. The van der Waals surface area contributed by atoms with Gasteiger partial charge in [0.05, 0.1) is 59.1 Å². The Hall–Kier alpha value is -2.90. The summed E-state index contributed by atoms with van der Waals surface area (Å²) in [5, 5.41) is 0. The largest absolute Gasteiger partial charge is 0.416 e. The van der Waals surface area contributed by atoms with Crippen LogP contribution in [0, 0.1) is 0 Å². The molecule has 5 atom stereocenters. The van der Waals surface area contributed by atoms with E-state index in [1.807, 2.05) is 0 Å². The van der Waals surface area contributed by atoms with Gasteiger partial charge in [0.25, 0.3) is 0 Å². The van der Waals surface area contributed by atoms with Crippen LogP contribution in [-0.2, 0) is 57.4 Å². The Morgan fingerprint density at radius 3 is 0.967 bits per heavy atom. The fourth-order valence-corrected chi connectivity index (χ4v) is 14.5. The predicted molar refractivity (Wildman–Crippen MR) is 213 cm³/mol. The molecule has 2 fully saturated rings. The number of halogens is 12. The zero-order valence-corrected chi connectivity index (χ0v) is 36.1. The molecular formula is C39H38F12N4O2P2S2. The standard InChI is InChI=1S/C39H38F12N4O2P2S2/c1-23(57-59(61)54(4)34(26-12-8-16-30(20-26)38(46,47)48)35(55(59)5)27-13-9-17-31(21-27)39(49,50)51)22-56-58(60)52(2)32(24-10-6-14-28(18-24)36(40,41)42)33(53(58)3)25-11-7-15-29(19-25)37(43,44)45/h6-21,23,32-35H,22H2,1-5H3/t23-,32+,33+,34+,35+/m0/s1. The Kier molecular flexibility index (Phi) is 13.2. The zero-order chi connectivity index (χ0) is 45.2. The molecule has 0 aromatic heterocycles. The molecule has 0 bridgehead atoms. The highest BCUT2D eigenvalue weighted by Gasteiger charge is 2.54. The molecule has 0 aliphatic carbocycles. The topological polar surface area (TPSA) is 31.4 Å². The van der Waals surface area contributed by atoms with Crippen molar-refractivity contribution < 1.29 is 61.7 Å². The van der Waals surface area contributed by atoms with Gasteiger partial charge in [-0.1, -0.05) is 48.5 Å². The second-order valence-electron chi connectivity index (χ2n) is 14.8. The monoisotopic (exact) mass is 948 g/mol. The Labute approximate surface area is 354 Å².